The highest BCUT2D eigenvalue weighted by molar-refractivity contribution is 5.87. The van der Waals surface area contributed by atoms with E-state index in [4.69, 9.17) is 9.84 Å². The van der Waals surface area contributed by atoms with Crippen molar-refractivity contribution >= 4 is 11.9 Å². The molecule has 5 nitrogen and oxygen atoms in total. The SMILES string of the molecule is CCOC(=O)[C@@H]1[C@H]2CN(Cc3ccc(C(=O)O)cc3)C[C@@H]2C=C[C@@H]1C. The highest BCUT2D eigenvalue weighted by Gasteiger charge is 2.44. The molecule has 1 heterocycles. The van der Waals surface area contributed by atoms with Gasteiger partial charge in [-0.2, -0.15) is 0 Å². The van der Waals surface area contributed by atoms with E-state index in [1.807, 2.05) is 19.1 Å². The monoisotopic (exact) mass is 343 g/mol. The van der Waals surface area contributed by atoms with Crippen molar-refractivity contribution < 1.29 is 19.4 Å². The Hall–Kier alpha value is -2.14. The van der Waals surface area contributed by atoms with Crippen LogP contribution in [0.15, 0.2) is 36.4 Å². The summed E-state index contributed by atoms with van der Waals surface area (Å²) < 4.78 is 5.30. The van der Waals surface area contributed by atoms with Crippen LogP contribution >= 0.6 is 0 Å². The zero-order chi connectivity index (χ0) is 18.0. The summed E-state index contributed by atoms with van der Waals surface area (Å²) >= 11 is 0. The third-order valence-corrected chi connectivity index (χ3v) is 5.34. The summed E-state index contributed by atoms with van der Waals surface area (Å²) in [5, 5.41) is 8.99. The van der Waals surface area contributed by atoms with Gasteiger partial charge in [0.2, 0.25) is 0 Å². The molecule has 25 heavy (non-hydrogen) atoms. The molecule has 0 bridgehead atoms. The van der Waals surface area contributed by atoms with E-state index in [0.717, 1.165) is 25.2 Å². The minimum atomic E-state index is -0.907. The first-order valence-corrected chi connectivity index (χ1v) is 8.89. The first kappa shape index (κ1) is 17.7. The summed E-state index contributed by atoms with van der Waals surface area (Å²) in [6.07, 6.45) is 4.40. The minimum absolute atomic E-state index is 0.0747. The molecular weight excluding hydrogens is 318 g/mol. The second kappa shape index (κ2) is 7.40. The quantitative estimate of drug-likeness (QED) is 0.658. The molecule has 1 aromatic rings. The van der Waals surface area contributed by atoms with Crippen molar-refractivity contribution in [3.63, 3.8) is 0 Å². The van der Waals surface area contributed by atoms with Crippen molar-refractivity contribution in [2.45, 2.75) is 20.4 Å². The molecule has 3 rings (SSSR count). The molecule has 1 saturated heterocycles. The summed E-state index contributed by atoms with van der Waals surface area (Å²) in [7, 11) is 0. The van der Waals surface area contributed by atoms with Crippen molar-refractivity contribution in [2.75, 3.05) is 19.7 Å². The molecule has 1 aliphatic heterocycles. The number of carboxylic acids is 1. The predicted octanol–water partition coefficient (Wildman–Crippen LogP) is 2.82. The summed E-state index contributed by atoms with van der Waals surface area (Å²) in [6, 6.07) is 7.02. The Morgan fingerprint density at radius 3 is 2.56 bits per heavy atom. The Balaban J connectivity index is 1.68. The van der Waals surface area contributed by atoms with Crippen LogP contribution < -0.4 is 0 Å². The number of fused-ring (bicyclic) bond motifs is 1. The Labute approximate surface area is 148 Å². The minimum Gasteiger partial charge on any atom is -0.478 e. The summed E-state index contributed by atoms with van der Waals surface area (Å²) in [5.41, 5.74) is 1.39. The Bertz CT molecular complexity index is 667. The van der Waals surface area contributed by atoms with Crippen molar-refractivity contribution in [3.8, 4) is 0 Å². The van der Waals surface area contributed by atoms with Gasteiger partial charge in [-0.1, -0.05) is 31.2 Å². The number of hydrogen-bond acceptors (Lipinski definition) is 4. The van der Waals surface area contributed by atoms with E-state index in [9.17, 15) is 9.59 Å². The highest BCUT2D eigenvalue weighted by Crippen LogP contribution is 2.40. The molecule has 1 fully saturated rings. The largest absolute Gasteiger partial charge is 0.478 e. The van der Waals surface area contributed by atoms with Crippen LogP contribution in [0, 0.1) is 23.7 Å². The van der Waals surface area contributed by atoms with Gasteiger partial charge in [0.15, 0.2) is 0 Å². The second-order valence-electron chi connectivity index (χ2n) is 7.05. The van der Waals surface area contributed by atoms with Gasteiger partial charge in [-0.05, 0) is 42.4 Å². The van der Waals surface area contributed by atoms with Gasteiger partial charge < -0.3 is 9.84 Å². The second-order valence-corrected chi connectivity index (χ2v) is 7.05. The summed E-state index contributed by atoms with van der Waals surface area (Å²) in [4.78, 5) is 25.7. The maximum absolute atomic E-state index is 12.4. The maximum Gasteiger partial charge on any atom is 0.335 e. The van der Waals surface area contributed by atoms with Crippen LogP contribution in [0.25, 0.3) is 0 Å². The lowest BCUT2D eigenvalue weighted by Gasteiger charge is -2.32. The Kier molecular flexibility index (Phi) is 5.23. The molecular formula is C20H25NO4. The number of carboxylic acid groups (broad SMARTS) is 1. The zero-order valence-corrected chi connectivity index (χ0v) is 14.7. The predicted molar refractivity (Wildman–Crippen MR) is 94.1 cm³/mol. The lowest BCUT2D eigenvalue weighted by atomic mass is 9.72. The van der Waals surface area contributed by atoms with Gasteiger partial charge >= 0.3 is 11.9 Å². The van der Waals surface area contributed by atoms with Gasteiger partial charge in [-0.15, -0.1) is 0 Å². The number of esters is 1. The van der Waals surface area contributed by atoms with Crippen LogP contribution in [0.2, 0.25) is 0 Å². The molecule has 0 amide bonds. The van der Waals surface area contributed by atoms with E-state index in [2.05, 4.69) is 24.0 Å². The normalized spacial score (nSPS) is 28.6. The van der Waals surface area contributed by atoms with E-state index >= 15 is 0 Å². The van der Waals surface area contributed by atoms with Crippen molar-refractivity contribution in [2.24, 2.45) is 23.7 Å². The number of likely N-dealkylation sites (tertiary alicyclic amines) is 1. The van der Waals surface area contributed by atoms with E-state index in [0.29, 0.717) is 18.1 Å². The molecule has 1 aromatic carbocycles. The van der Waals surface area contributed by atoms with Gasteiger partial charge in [0.1, 0.15) is 0 Å². The number of allylic oxidation sites excluding steroid dienone is 1. The average Bonchev–Trinajstić information content (AvgIpc) is 2.97. The standard InChI is InChI=1S/C20H25NO4/c1-3-25-20(24)18-13(2)4-7-16-11-21(12-17(16)18)10-14-5-8-15(9-6-14)19(22)23/h4-9,13,16-18H,3,10-12H2,1-2H3,(H,22,23)/t13-,16-,17-,18-/m0/s1. The molecule has 4 atom stereocenters. The third kappa shape index (κ3) is 3.76. The summed E-state index contributed by atoms with van der Waals surface area (Å²) in [6.45, 7) is 6.91. The number of benzene rings is 1. The van der Waals surface area contributed by atoms with Crippen LogP contribution in [-0.4, -0.2) is 41.6 Å². The van der Waals surface area contributed by atoms with Gasteiger partial charge in [-0.3, -0.25) is 9.69 Å². The number of hydrogen-bond donors (Lipinski definition) is 1. The van der Waals surface area contributed by atoms with E-state index < -0.39 is 5.97 Å². The van der Waals surface area contributed by atoms with Gasteiger partial charge in [-0.25, -0.2) is 4.79 Å². The Morgan fingerprint density at radius 1 is 1.20 bits per heavy atom. The molecule has 1 N–H and O–H groups in total. The molecule has 2 aliphatic rings. The number of ether oxygens (including phenoxy) is 1. The number of aromatic carboxylic acids is 1. The first-order chi connectivity index (χ1) is 12.0. The molecule has 0 unspecified atom stereocenters. The fourth-order valence-corrected chi connectivity index (χ4v) is 4.12. The third-order valence-electron chi connectivity index (χ3n) is 5.34. The molecule has 134 valence electrons. The zero-order valence-electron chi connectivity index (χ0n) is 14.7. The van der Waals surface area contributed by atoms with E-state index in [-0.39, 0.29) is 23.7 Å². The van der Waals surface area contributed by atoms with Crippen LogP contribution in [0.5, 0.6) is 0 Å². The molecule has 1 aliphatic carbocycles. The molecule has 0 saturated carbocycles. The van der Waals surface area contributed by atoms with E-state index in [1.54, 1.807) is 12.1 Å². The number of carbonyl (C=O) groups is 2. The topological polar surface area (TPSA) is 66.8 Å². The smallest absolute Gasteiger partial charge is 0.335 e. The fraction of sp³-hybridized carbons (Fsp3) is 0.500. The Morgan fingerprint density at radius 2 is 1.92 bits per heavy atom. The highest BCUT2D eigenvalue weighted by atomic mass is 16.5. The molecule has 0 spiro atoms. The molecule has 0 radical (unpaired) electrons. The van der Waals surface area contributed by atoms with Crippen LogP contribution in [0.4, 0.5) is 0 Å². The van der Waals surface area contributed by atoms with Crippen LogP contribution in [-0.2, 0) is 16.1 Å². The number of rotatable bonds is 5. The van der Waals surface area contributed by atoms with Gasteiger partial charge in [0.25, 0.3) is 0 Å². The lowest BCUT2D eigenvalue weighted by Crippen LogP contribution is -2.37. The lowest BCUT2D eigenvalue weighted by molar-refractivity contribution is -0.152. The van der Waals surface area contributed by atoms with Crippen LogP contribution in [0.3, 0.4) is 0 Å². The fourth-order valence-electron chi connectivity index (χ4n) is 4.12. The van der Waals surface area contributed by atoms with Crippen LogP contribution in [0.1, 0.15) is 29.8 Å². The first-order valence-electron chi connectivity index (χ1n) is 8.89. The number of nitrogens with zero attached hydrogens (tertiary/aromatic N) is 1. The van der Waals surface area contributed by atoms with Gasteiger partial charge in [0, 0.05) is 19.6 Å². The maximum atomic E-state index is 12.4. The van der Waals surface area contributed by atoms with Crippen molar-refractivity contribution in [1.29, 1.82) is 0 Å². The average molecular weight is 343 g/mol. The van der Waals surface area contributed by atoms with E-state index in [1.165, 1.54) is 0 Å². The molecule has 5 heteroatoms. The number of carbonyl (C=O) groups excluding carboxylic acids is 1. The molecule has 0 aromatic heterocycles. The van der Waals surface area contributed by atoms with Gasteiger partial charge in [0.05, 0.1) is 18.1 Å². The summed E-state index contributed by atoms with van der Waals surface area (Å²) in [5.74, 6) is -0.192. The van der Waals surface area contributed by atoms with Crippen molar-refractivity contribution in [3.05, 3.63) is 47.5 Å². The van der Waals surface area contributed by atoms with Crippen molar-refractivity contribution in [1.82, 2.24) is 4.90 Å².